The summed E-state index contributed by atoms with van der Waals surface area (Å²) in [5.41, 5.74) is 4.20. The van der Waals surface area contributed by atoms with Crippen LogP contribution in [0, 0.1) is 10.1 Å². The number of hydrogen-bond donors (Lipinski definition) is 0. The van der Waals surface area contributed by atoms with Crippen molar-refractivity contribution in [2.24, 2.45) is 0 Å². The summed E-state index contributed by atoms with van der Waals surface area (Å²) in [6.45, 7) is 4.43. The molecule has 0 N–H and O–H groups in total. The van der Waals surface area contributed by atoms with Crippen LogP contribution in [0.1, 0.15) is 37.4 Å². The molecule has 0 radical (unpaired) electrons. The fourth-order valence-corrected chi connectivity index (χ4v) is 4.42. The van der Waals surface area contributed by atoms with Gasteiger partial charge in [-0.25, -0.2) is 0 Å². The molecular weight excluding hydrogens is 390 g/mol. The second kappa shape index (κ2) is 8.60. The van der Waals surface area contributed by atoms with Gasteiger partial charge in [-0.15, -0.1) is 0 Å². The first-order valence-corrected chi connectivity index (χ1v) is 10.4. The van der Waals surface area contributed by atoms with Gasteiger partial charge in [0.1, 0.15) is 0 Å². The van der Waals surface area contributed by atoms with Gasteiger partial charge in [0.05, 0.1) is 11.0 Å². The number of hydrogen-bond acceptors (Lipinski definition) is 4. The van der Waals surface area contributed by atoms with E-state index >= 15 is 0 Å². The van der Waals surface area contributed by atoms with Crippen molar-refractivity contribution in [1.29, 1.82) is 0 Å². The van der Waals surface area contributed by atoms with E-state index in [-0.39, 0.29) is 28.6 Å². The average Bonchev–Trinajstić information content (AvgIpc) is 2.77. The topological polar surface area (TPSA) is 66.7 Å². The summed E-state index contributed by atoms with van der Waals surface area (Å²) in [5, 5.41) is 11.0. The number of non-ortho nitro benzene ring substituents is 1. The highest BCUT2D eigenvalue weighted by Gasteiger charge is 2.35. The number of fused-ring (bicyclic) bond motifs is 1. The van der Waals surface area contributed by atoms with E-state index in [1.807, 2.05) is 59.5 Å². The summed E-state index contributed by atoms with van der Waals surface area (Å²) in [5.74, 6) is 0.0158. The largest absolute Gasteiger partial charge is 0.364 e. The molecule has 0 unspecified atom stereocenters. The fourth-order valence-electron chi connectivity index (χ4n) is 4.42. The summed E-state index contributed by atoms with van der Waals surface area (Å²) >= 11 is 0. The highest BCUT2D eigenvalue weighted by molar-refractivity contribution is 5.92. The average molecular weight is 415 g/mol. The molecule has 1 amide bonds. The second-order valence-electron chi connectivity index (χ2n) is 7.94. The third kappa shape index (κ3) is 4.14. The van der Waals surface area contributed by atoms with Crippen molar-refractivity contribution in [2.45, 2.75) is 38.9 Å². The molecule has 1 heterocycles. The lowest BCUT2D eigenvalue weighted by Crippen LogP contribution is -2.44. The summed E-state index contributed by atoms with van der Waals surface area (Å²) in [6, 6.07) is 24.8. The molecular formula is C25H25N3O3. The minimum Gasteiger partial charge on any atom is -0.364 e. The minimum atomic E-state index is -0.382. The van der Waals surface area contributed by atoms with Gasteiger partial charge >= 0.3 is 0 Å². The van der Waals surface area contributed by atoms with Crippen LogP contribution in [0.5, 0.6) is 0 Å². The number of anilines is 2. The lowest BCUT2D eigenvalue weighted by molar-refractivity contribution is -0.384. The Balaban J connectivity index is 1.69. The molecule has 2 atom stereocenters. The van der Waals surface area contributed by atoms with Crippen LogP contribution in [-0.2, 0) is 11.3 Å². The minimum absolute atomic E-state index is 0.0158. The Hall–Kier alpha value is -3.67. The van der Waals surface area contributed by atoms with Gasteiger partial charge in [-0.3, -0.25) is 14.9 Å². The van der Waals surface area contributed by atoms with Gasteiger partial charge in [0, 0.05) is 43.0 Å². The number of carbonyl (C=O) groups excluding carboxylic acids is 1. The lowest BCUT2D eigenvalue weighted by atomic mass is 9.89. The molecule has 0 aromatic heterocycles. The molecule has 31 heavy (non-hydrogen) atoms. The number of carbonyl (C=O) groups is 1. The van der Waals surface area contributed by atoms with Crippen LogP contribution < -0.4 is 9.80 Å². The molecule has 1 aliphatic rings. The number of rotatable bonds is 5. The molecule has 0 saturated carbocycles. The van der Waals surface area contributed by atoms with Gasteiger partial charge in [0.2, 0.25) is 5.91 Å². The van der Waals surface area contributed by atoms with Gasteiger partial charge in [0.15, 0.2) is 0 Å². The Morgan fingerprint density at radius 1 is 1.03 bits per heavy atom. The highest BCUT2D eigenvalue weighted by atomic mass is 16.6. The first-order valence-electron chi connectivity index (χ1n) is 10.4. The van der Waals surface area contributed by atoms with Crippen LogP contribution in [0.3, 0.4) is 0 Å². The number of nitro groups is 1. The van der Waals surface area contributed by atoms with Gasteiger partial charge in [-0.1, -0.05) is 48.5 Å². The molecule has 158 valence electrons. The predicted molar refractivity (Wildman–Crippen MR) is 122 cm³/mol. The molecule has 4 rings (SSSR count). The van der Waals surface area contributed by atoms with Crippen molar-refractivity contribution in [3.63, 3.8) is 0 Å². The van der Waals surface area contributed by atoms with Gasteiger partial charge in [-0.2, -0.15) is 0 Å². The fraction of sp³-hybridized carbons (Fsp3) is 0.240. The number of nitro benzene ring substituents is 1. The van der Waals surface area contributed by atoms with Crippen molar-refractivity contribution in [1.82, 2.24) is 0 Å². The molecule has 0 bridgehead atoms. The highest BCUT2D eigenvalue weighted by Crippen LogP contribution is 2.42. The zero-order chi connectivity index (χ0) is 22.0. The first-order chi connectivity index (χ1) is 15.0. The quantitative estimate of drug-likeness (QED) is 0.408. The lowest BCUT2D eigenvalue weighted by Gasteiger charge is -2.44. The Kier molecular flexibility index (Phi) is 5.71. The maximum absolute atomic E-state index is 12.7. The predicted octanol–water partition coefficient (Wildman–Crippen LogP) is 5.49. The van der Waals surface area contributed by atoms with E-state index in [0.29, 0.717) is 6.54 Å². The van der Waals surface area contributed by atoms with Crippen molar-refractivity contribution < 1.29 is 9.72 Å². The van der Waals surface area contributed by atoms with Gasteiger partial charge < -0.3 is 9.80 Å². The number of benzene rings is 3. The third-order valence-corrected chi connectivity index (χ3v) is 5.89. The van der Waals surface area contributed by atoms with Crippen LogP contribution in [-0.4, -0.2) is 16.9 Å². The molecule has 6 nitrogen and oxygen atoms in total. The molecule has 0 fully saturated rings. The van der Waals surface area contributed by atoms with Crippen LogP contribution >= 0.6 is 0 Å². The van der Waals surface area contributed by atoms with Gasteiger partial charge in [0.25, 0.3) is 5.69 Å². The molecule has 0 aliphatic carbocycles. The molecule has 3 aromatic carbocycles. The summed E-state index contributed by atoms with van der Waals surface area (Å²) < 4.78 is 0. The van der Waals surface area contributed by atoms with Crippen LogP contribution in [0.2, 0.25) is 0 Å². The van der Waals surface area contributed by atoms with Crippen molar-refractivity contribution in [3.05, 3.63) is 100 Å². The van der Waals surface area contributed by atoms with Crippen molar-refractivity contribution >= 4 is 23.0 Å². The molecule has 0 saturated heterocycles. The standard InChI is InChI=1S/C25H25N3O3/c1-18-16-25(27(19(2)29)21-8-4-3-5-9-21)23-10-6-7-11-24(23)26(18)17-20-12-14-22(15-13-20)28(30)31/h3-15,18,25H,16-17H2,1-2H3/t18-,25-/m1/s1. The third-order valence-electron chi connectivity index (χ3n) is 5.89. The monoisotopic (exact) mass is 415 g/mol. The maximum Gasteiger partial charge on any atom is 0.269 e. The van der Waals surface area contributed by atoms with Crippen molar-refractivity contribution in [2.75, 3.05) is 9.80 Å². The number of nitrogens with zero attached hydrogens (tertiary/aromatic N) is 3. The Morgan fingerprint density at radius 2 is 1.68 bits per heavy atom. The van der Waals surface area contributed by atoms with E-state index in [1.165, 1.54) is 0 Å². The van der Waals surface area contributed by atoms with Crippen LogP contribution in [0.15, 0.2) is 78.9 Å². The molecule has 3 aromatic rings. The van der Waals surface area contributed by atoms with Crippen LogP contribution in [0.4, 0.5) is 17.1 Å². The maximum atomic E-state index is 12.7. The zero-order valence-corrected chi connectivity index (χ0v) is 17.6. The first kappa shape index (κ1) is 20.6. The molecule has 0 spiro atoms. The molecule has 1 aliphatic heterocycles. The Morgan fingerprint density at radius 3 is 2.32 bits per heavy atom. The summed E-state index contributed by atoms with van der Waals surface area (Å²) in [6.07, 6.45) is 0.790. The van der Waals surface area contributed by atoms with E-state index in [2.05, 4.69) is 24.0 Å². The zero-order valence-electron chi connectivity index (χ0n) is 17.6. The van der Waals surface area contributed by atoms with E-state index in [4.69, 9.17) is 0 Å². The van der Waals surface area contributed by atoms with E-state index in [1.54, 1.807) is 19.1 Å². The van der Waals surface area contributed by atoms with Gasteiger partial charge in [-0.05, 0) is 42.7 Å². The summed E-state index contributed by atoms with van der Waals surface area (Å²) in [4.78, 5) is 27.5. The normalized spacial score (nSPS) is 17.7. The summed E-state index contributed by atoms with van der Waals surface area (Å²) in [7, 11) is 0. The smallest absolute Gasteiger partial charge is 0.269 e. The molecule has 6 heteroatoms. The number of para-hydroxylation sites is 2. The van der Waals surface area contributed by atoms with E-state index in [0.717, 1.165) is 28.9 Å². The second-order valence-corrected chi connectivity index (χ2v) is 7.94. The Bertz CT molecular complexity index is 1080. The van der Waals surface area contributed by atoms with Crippen molar-refractivity contribution in [3.8, 4) is 0 Å². The van der Waals surface area contributed by atoms with Crippen LogP contribution in [0.25, 0.3) is 0 Å². The number of amides is 1. The Labute approximate surface area is 181 Å². The van der Waals surface area contributed by atoms with E-state index < -0.39 is 0 Å². The SMILES string of the molecule is CC(=O)N(c1ccccc1)[C@@H]1C[C@@H](C)N(Cc2ccc([N+](=O)[O-])cc2)c2ccccc21. The van der Waals surface area contributed by atoms with E-state index in [9.17, 15) is 14.9 Å².